The zero-order valence-electron chi connectivity index (χ0n) is 13.8. The average Bonchev–Trinajstić information content (AvgIpc) is 3.15. The van der Waals surface area contributed by atoms with Crippen molar-refractivity contribution in [2.45, 2.75) is 6.92 Å². The summed E-state index contributed by atoms with van der Waals surface area (Å²) in [4.78, 5) is 13.4. The first-order valence-corrected chi connectivity index (χ1v) is 8.05. The molecular weight excluding hydrogens is 310 g/mol. The number of hydrogen-bond acceptors (Lipinski definition) is 4. The number of aryl methyl sites for hydroxylation is 1. The molecule has 122 valence electrons. The second-order valence-corrected chi connectivity index (χ2v) is 5.72. The first-order chi connectivity index (χ1) is 12.3. The molecule has 0 fully saturated rings. The van der Waals surface area contributed by atoms with Gasteiger partial charge in [0.1, 0.15) is 11.6 Å². The zero-order valence-corrected chi connectivity index (χ0v) is 13.8. The Kier molecular flexibility index (Phi) is 3.96. The van der Waals surface area contributed by atoms with Crippen LogP contribution < -0.4 is 5.32 Å². The van der Waals surface area contributed by atoms with E-state index in [2.05, 4.69) is 39.3 Å². The van der Waals surface area contributed by atoms with Crippen molar-refractivity contribution in [3.05, 3.63) is 84.8 Å². The topological polar surface area (TPSA) is 55.6 Å². The molecular formula is C20H17N5. The van der Waals surface area contributed by atoms with Crippen LogP contribution in [0.2, 0.25) is 0 Å². The maximum atomic E-state index is 4.62. The van der Waals surface area contributed by atoms with Gasteiger partial charge in [-0.15, -0.1) is 0 Å². The summed E-state index contributed by atoms with van der Waals surface area (Å²) in [6.45, 7) is 2.06. The Balaban J connectivity index is 1.67. The van der Waals surface area contributed by atoms with E-state index in [1.807, 2.05) is 59.3 Å². The van der Waals surface area contributed by atoms with Gasteiger partial charge in [0, 0.05) is 29.8 Å². The molecule has 0 spiro atoms. The molecule has 0 unspecified atom stereocenters. The number of nitrogens with zero attached hydrogens (tertiary/aromatic N) is 4. The molecule has 0 aliphatic heterocycles. The lowest BCUT2D eigenvalue weighted by molar-refractivity contribution is 0.983. The standard InChI is InChI=1S/C20H17N5/c1-15-7-9-17(10-8-15)23-20-22-12-11-18(24-20)25-14-13-21-19(25)16-5-3-2-4-6-16/h2-14H,1H3,(H,22,23,24). The SMILES string of the molecule is Cc1ccc(Nc2nccc(-n3ccnc3-c3ccccc3)n2)cc1. The van der Waals surface area contributed by atoms with Crippen molar-refractivity contribution in [3.8, 4) is 17.2 Å². The van der Waals surface area contributed by atoms with Gasteiger partial charge in [-0.2, -0.15) is 4.98 Å². The summed E-state index contributed by atoms with van der Waals surface area (Å²) in [5.74, 6) is 2.16. The fourth-order valence-electron chi connectivity index (χ4n) is 2.60. The van der Waals surface area contributed by atoms with Gasteiger partial charge in [-0.1, -0.05) is 48.0 Å². The summed E-state index contributed by atoms with van der Waals surface area (Å²) < 4.78 is 1.96. The van der Waals surface area contributed by atoms with Gasteiger partial charge >= 0.3 is 0 Å². The summed E-state index contributed by atoms with van der Waals surface area (Å²) in [6, 6.07) is 20.1. The van der Waals surface area contributed by atoms with E-state index < -0.39 is 0 Å². The van der Waals surface area contributed by atoms with Crippen molar-refractivity contribution < 1.29 is 0 Å². The minimum absolute atomic E-state index is 0.550. The Morgan fingerprint density at radius 3 is 2.44 bits per heavy atom. The molecule has 4 aromatic rings. The summed E-state index contributed by atoms with van der Waals surface area (Å²) in [5.41, 5.74) is 3.21. The fraction of sp³-hybridized carbons (Fsp3) is 0.0500. The monoisotopic (exact) mass is 327 g/mol. The second kappa shape index (κ2) is 6.57. The lowest BCUT2D eigenvalue weighted by Crippen LogP contribution is -2.03. The van der Waals surface area contributed by atoms with Crippen molar-refractivity contribution in [3.63, 3.8) is 0 Å². The molecule has 0 aliphatic rings. The highest BCUT2D eigenvalue weighted by atomic mass is 15.2. The van der Waals surface area contributed by atoms with Gasteiger partial charge in [0.15, 0.2) is 0 Å². The maximum Gasteiger partial charge on any atom is 0.229 e. The molecule has 4 rings (SSSR count). The normalized spacial score (nSPS) is 10.6. The van der Waals surface area contributed by atoms with Crippen molar-refractivity contribution in [1.29, 1.82) is 0 Å². The number of anilines is 2. The van der Waals surface area contributed by atoms with Crippen LogP contribution in [0.15, 0.2) is 79.3 Å². The third-order valence-electron chi connectivity index (χ3n) is 3.87. The number of benzene rings is 2. The second-order valence-electron chi connectivity index (χ2n) is 5.72. The smallest absolute Gasteiger partial charge is 0.229 e. The van der Waals surface area contributed by atoms with Crippen LogP contribution in [0.25, 0.3) is 17.2 Å². The molecule has 0 saturated carbocycles. The van der Waals surface area contributed by atoms with Crippen molar-refractivity contribution in [2.24, 2.45) is 0 Å². The lowest BCUT2D eigenvalue weighted by Gasteiger charge is -2.09. The molecule has 1 N–H and O–H groups in total. The van der Waals surface area contributed by atoms with Crippen LogP contribution in [0, 0.1) is 6.92 Å². The van der Waals surface area contributed by atoms with Crippen molar-refractivity contribution in [1.82, 2.24) is 19.5 Å². The molecule has 0 bridgehead atoms. The predicted octanol–water partition coefficient (Wildman–Crippen LogP) is 4.38. The summed E-state index contributed by atoms with van der Waals surface area (Å²) in [5, 5.41) is 3.24. The van der Waals surface area contributed by atoms with Gasteiger partial charge in [0.2, 0.25) is 5.95 Å². The van der Waals surface area contributed by atoms with Gasteiger partial charge in [0.25, 0.3) is 0 Å². The molecule has 2 aromatic heterocycles. The van der Waals surface area contributed by atoms with Gasteiger partial charge in [0.05, 0.1) is 0 Å². The third kappa shape index (κ3) is 3.26. The maximum absolute atomic E-state index is 4.62. The van der Waals surface area contributed by atoms with Gasteiger partial charge in [-0.25, -0.2) is 9.97 Å². The molecule has 0 radical (unpaired) electrons. The highest BCUT2D eigenvalue weighted by molar-refractivity contribution is 5.58. The van der Waals surface area contributed by atoms with Crippen LogP contribution in [0.5, 0.6) is 0 Å². The molecule has 0 atom stereocenters. The van der Waals surface area contributed by atoms with Crippen LogP contribution in [-0.2, 0) is 0 Å². The first kappa shape index (κ1) is 15.1. The lowest BCUT2D eigenvalue weighted by atomic mass is 10.2. The summed E-state index contributed by atoms with van der Waals surface area (Å²) in [7, 11) is 0. The molecule has 0 aliphatic carbocycles. The summed E-state index contributed by atoms with van der Waals surface area (Å²) >= 11 is 0. The zero-order chi connectivity index (χ0) is 17.1. The summed E-state index contributed by atoms with van der Waals surface area (Å²) in [6.07, 6.45) is 5.42. The largest absolute Gasteiger partial charge is 0.324 e. The van der Waals surface area contributed by atoms with Crippen molar-refractivity contribution >= 4 is 11.6 Å². The van der Waals surface area contributed by atoms with E-state index in [0.717, 1.165) is 22.9 Å². The van der Waals surface area contributed by atoms with Crippen LogP contribution in [0.3, 0.4) is 0 Å². The van der Waals surface area contributed by atoms with Crippen molar-refractivity contribution in [2.75, 3.05) is 5.32 Å². The van der Waals surface area contributed by atoms with Crippen LogP contribution in [0.1, 0.15) is 5.56 Å². The third-order valence-corrected chi connectivity index (χ3v) is 3.87. The molecule has 2 heterocycles. The Morgan fingerprint density at radius 2 is 1.64 bits per heavy atom. The van der Waals surface area contributed by atoms with E-state index in [-0.39, 0.29) is 0 Å². The quantitative estimate of drug-likeness (QED) is 0.604. The van der Waals surface area contributed by atoms with Gasteiger partial charge in [-0.3, -0.25) is 4.57 Å². The number of imidazole rings is 1. The van der Waals surface area contributed by atoms with E-state index in [0.29, 0.717) is 5.95 Å². The highest BCUT2D eigenvalue weighted by Crippen LogP contribution is 2.21. The molecule has 5 nitrogen and oxygen atoms in total. The molecule has 25 heavy (non-hydrogen) atoms. The average molecular weight is 327 g/mol. The van der Waals surface area contributed by atoms with Gasteiger partial charge in [-0.05, 0) is 25.1 Å². The molecule has 5 heteroatoms. The Morgan fingerprint density at radius 1 is 0.840 bits per heavy atom. The Hall–Kier alpha value is -3.47. The molecule has 2 aromatic carbocycles. The fourth-order valence-corrected chi connectivity index (χ4v) is 2.60. The van der Waals surface area contributed by atoms with Crippen LogP contribution >= 0.6 is 0 Å². The van der Waals surface area contributed by atoms with Crippen LogP contribution in [-0.4, -0.2) is 19.5 Å². The van der Waals surface area contributed by atoms with E-state index >= 15 is 0 Å². The van der Waals surface area contributed by atoms with Gasteiger partial charge < -0.3 is 5.32 Å². The molecule has 0 saturated heterocycles. The highest BCUT2D eigenvalue weighted by Gasteiger charge is 2.09. The number of nitrogens with one attached hydrogen (secondary N) is 1. The van der Waals surface area contributed by atoms with Crippen LogP contribution in [0.4, 0.5) is 11.6 Å². The first-order valence-electron chi connectivity index (χ1n) is 8.05. The molecule has 0 amide bonds. The number of hydrogen-bond donors (Lipinski definition) is 1. The number of aromatic nitrogens is 4. The predicted molar refractivity (Wildman–Crippen MR) is 99.1 cm³/mol. The Bertz CT molecular complexity index is 974. The van der Waals surface area contributed by atoms with E-state index in [4.69, 9.17) is 0 Å². The number of rotatable bonds is 4. The van der Waals surface area contributed by atoms with E-state index in [1.165, 1.54) is 5.56 Å². The van der Waals surface area contributed by atoms with E-state index in [1.54, 1.807) is 12.4 Å². The Labute approximate surface area is 146 Å². The minimum Gasteiger partial charge on any atom is -0.324 e. The minimum atomic E-state index is 0.550. The van der Waals surface area contributed by atoms with E-state index in [9.17, 15) is 0 Å².